The molecule has 14 heavy (non-hydrogen) atoms. The van der Waals surface area contributed by atoms with E-state index in [4.69, 9.17) is 4.74 Å². The average molecular weight is 215 g/mol. The molecule has 3 nitrogen and oxygen atoms in total. The van der Waals surface area contributed by atoms with Crippen molar-refractivity contribution in [3.8, 4) is 0 Å². The van der Waals surface area contributed by atoms with Crippen LogP contribution in [0.15, 0.2) is 0 Å². The average Bonchev–Trinajstić information content (AvgIpc) is 2.43. The molecule has 0 aromatic rings. The summed E-state index contributed by atoms with van der Waals surface area (Å²) in [5, 5.41) is 0. The summed E-state index contributed by atoms with van der Waals surface area (Å²) in [6.07, 6.45) is 2.48. The van der Waals surface area contributed by atoms with Gasteiger partial charge in [0, 0.05) is 6.54 Å². The molecule has 4 aliphatic rings. The molecule has 0 saturated carbocycles. The highest BCUT2D eigenvalue weighted by Gasteiger charge is 2.53. The Morgan fingerprint density at radius 3 is 2.57 bits per heavy atom. The van der Waals surface area contributed by atoms with Crippen molar-refractivity contribution in [2.45, 2.75) is 30.8 Å². The van der Waals surface area contributed by atoms with Crippen molar-refractivity contribution in [3.63, 3.8) is 0 Å². The molecule has 0 aromatic carbocycles. The van der Waals surface area contributed by atoms with E-state index in [1.807, 2.05) is 6.92 Å². The van der Waals surface area contributed by atoms with Crippen LogP contribution in [0.3, 0.4) is 0 Å². The molecule has 4 heterocycles. The van der Waals surface area contributed by atoms with Crippen molar-refractivity contribution >= 4 is 10.8 Å². The van der Waals surface area contributed by atoms with Crippen LogP contribution in [0.25, 0.3) is 0 Å². The predicted octanol–water partition coefficient (Wildman–Crippen LogP) is 0.576. The van der Waals surface area contributed by atoms with E-state index in [9.17, 15) is 4.21 Å². The van der Waals surface area contributed by atoms with Gasteiger partial charge in [-0.2, -0.15) is 0 Å². The smallest absolute Gasteiger partial charge is 0.130 e. The molecule has 2 bridgehead atoms. The van der Waals surface area contributed by atoms with Crippen LogP contribution in [0.5, 0.6) is 0 Å². The second kappa shape index (κ2) is 3.03. The van der Waals surface area contributed by atoms with Crippen LogP contribution < -0.4 is 0 Å². The van der Waals surface area contributed by atoms with Gasteiger partial charge in [-0.3, -0.25) is 4.21 Å². The number of hydrogen-bond donors (Lipinski definition) is 0. The zero-order valence-electron chi connectivity index (χ0n) is 8.57. The van der Waals surface area contributed by atoms with Gasteiger partial charge in [-0.1, -0.05) is 0 Å². The fraction of sp³-hybridized carbons (Fsp3) is 1.00. The lowest BCUT2D eigenvalue weighted by atomic mass is 9.76. The summed E-state index contributed by atoms with van der Waals surface area (Å²) in [7, 11) is -0.755. The minimum absolute atomic E-state index is 0.0409. The maximum absolute atomic E-state index is 11.7. The molecule has 4 saturated heterocycles. The third kappa shape index (κ3) is 1.20. The van der Waals surface area contributed by atoms with E-state index in [2.05, 4.69) is 4.90 Å². The van der Waals surface area contributed by atoms with Crippen molar-refractivity contribution in [3.05, 3.63) is 0 Å². The molecule has 4 fully saturated rings. The van der Waals surface area contributed by atoms with Gasteiger partial charge in [0.05, 0.1) is 22.2 Å². The van der Waals surface area contributed by atoms with Gasteiger partial charge in [-0.25, -0.2) is 0 Å². The van der Waals surface area contributed by atoms with Crippen molar-refractivity contribution in [2.24, 2.45) is 5.92 Å². The second-order valence-corrected chi connectivity index (χ2v) is 6.54. The number of nitrogens with zero attached hydrogens (tertiary/aromatic N) is 1. The molecule has 4 aliphatic heterocycles. The van der Waals surface area contributed by atoms with Gasteiger partial charge in [0.1, 0.15) is 5.44 Å². The Bertz CT molecular complexity index is 275. The number of rotatable bonds is 0. The lowest BCUT2D eigenvalue weighted by molar-refractivity contribution is -0.133. The van der Waals surface area contributed by atoms with Gasteiger partial charge in [-0.05, 0) is 38.8 Å². The van der Waals surface area contributed by atoms with Crippen LogP contribution in [0.1, 0.15) is 19.8 Å². The Kier molecular flexibility index (Phi) is 2.01. The molecule has 4 rings (SSSR count). The van der Waals surface area contributed by atoms with E-state index >= 15 is 0 Å². The molecule has 3 atom stereocenters. The topological polar surface area (TPSA) is 29.5 Å². The normalized spacial score (nSPS) is 56.9. The van der Waals surface area contributed by atoms with Gasteiger partial charge in [0.2, 0.25) is 0 Å². The highest BCUT2D eigenvalue weighted by molar-refractivity contribution is 7.85. The standard InChI is InChI=1S/C10H17NO2S/c1-8-13-10(7-14(8)12)6-11-4-2-9(10)3-5-11/h8-9H,2-7H2,1H3/t8?,10-,14?/m0/s1. The van der Waals surface area contributed by atoms with Crippen molar-refractivity contribution in [1.29, 1.82) is 0 Å². The van der Waals surface area contributed by atoms with E-state index in [1.165, 1.54) is 25.9 Å². The third-order valence-corrected chi connectivity index (χ3v) is 5.59. The van der Waals surface area contributed by atoms with Crippen LogP contribution in [0.4, 0.5) is 0 Å². The molecule has 2 unspecified atom stereocenters. The van der Waals surface area contributed by atoms with Crippen molar-refractivity contribution in [2.75, 3.05) is 25.4 Å². The summed E-state index contributed by atoms with van der Waals surface area (Å²) in [6, 6.07) is 0. The Morgan fingerprint density at radius 2 is 2.14 bits per heavy atom. The Hall–Kier alpha value is 0.0700. The van der Waals surface area contributed by atoms with Gasteiger partial charge in [-0.15, -0.1) is 0 Å². The summed E-state index contributed by atoms with van der Waals surface area (Å²) < 4.78 is 17.7. The monoisotopic (exact) mass is 215 g/mol. The van der Waals surface area contributed by atoms with Crippen LogP contribution in [0, 0.1) is 5.92 Å². The zero-order chi connectivity index (χ0) is 9.76. The van der Waals surface area contributed by atoms with Crippen LogP contribution in [0.2, 0.25) is 0 Å². The highest BCUT2D eigenvalue weighted by Crippen LogP contribution is 2.43. The summed E-state index contributed by atoms with van der Waals surface area (Å²) in [4.78, 5) is 2.47. The second-order valence-electron chi connectivity index (χ2n) is 4.83. The Labute approximate surface area is 87.3 Å². The SMILES string of the molecule is CC1O[C@@]2(CN3CCC2CC3)CS1=O. The molecule has 0 aliphatic carbocycles. The van der Waals surface area contributed by atoms with Crippen molar-refractivity contribution < 1.29 is 8.95 Å². The van der Waals surface area contributed by atoms with E-state index in [0.29, 0.717) is 5.92 Å². The number of hydrogen-bond acceptors (Lipinski definition) is 3. The molecular weight excluding hydrogens is 198 g/mol. The number of fused-ring (bicyclic) bond motifs is 2. The fourth-order valence-corrected chi connectivity index (χ4v) is 4.61. The van der Waals surface area contributed by atoms with Gasteiger partial charge in [0.15, 0.2) is 0 Å². The van der Waals surface area contributed by atoms with Crippen molar-refractivity contribution in [1.82, 2.24) is 4.90 Å². The third-order valence-electron chi connectivity index (χ3n) is 3.98. The molecule has 0 aromatic heterocycles. The molecule has 0 N–H and O–H groups in total. The molecule has 4 heteroatoms. The predicted molar refractivity (Wildman–Crippen MR) is 55.5 cm³/mol. The van der Waals surface area contributed by atoms with Gasteiger partial charge in [0.25, 0.3) is 0 Å². The van der Waals surface area contributed by atoms with E-state index in [-0.39, 0.29) is 11.0 Å². The summed E-state index contributed by atoms with van der Waals surface area (Å²) in [5.74, 6) is 1.44. The van der Waals surface area contributed by atoms with Gasteiger partial charge < -0.3 is 9.64 Å². The van der Waals surface area contributed by atoms with Crippen LogP contribution in [-0.2, 0) is 15.5 Å². The van der Waals surface area contributed by atoms with E-state index in [1.54, 1.807) is 0 Å². The first-order valence-corrected chi connectivity index (χ1v) is 6.85. The first-order valence-electron chi connectivity index (χ1n) is 5.47. The minimum atomic E-state index is -0.755. The lowest BCUT2D eigenvalue weighted by Crippen LogP contribution is -2.60. The number of ether oxygens (including phenoxy) is 1. The summed E-state index contributed by atoms with van der Waals surface area (Å²) in [6.45, 7) is 5.41. The quantitative estimate of drug-likeness (QED) is 0.592. The Morgan fingerprint density at radius 1 is 1.43 bits per heavy atom. The maximum Gasteiger partial charge on any atom is 0.130 e. The fourth-order valence-electron chi connectivity index (χ4n) is 3.20. The first-order chi connectivity index (χ1) is 6.70. The highest BCUT2D eigenvalue weighted by atomic mass is 32.2. The summed E-state index contributed by atoms with van der Waals surface area (Å²) in [5.41, 5.74) is -0.0867. The van der Waals surface area contributed by atoms with E-state index < -0.39 is 10.8 Å². The lowest BCUT2D eigenvalue weighted by Gasteiger charge is -2.50. The van der Waals surface area contributed by atoms with Gasteiger partial charge >= 0.3 is 0 Å². The first kappa shape index (κ1) is 9.31. The van der Waals surface area contributed by atoms with Crippen LogP contribution >= 0.6 is 0 Å². The minimum Gasteiger partial charge on any atom is -0.356 e. The zero-order valence-corrected chi connectivity index (χ0v) is 9.39. The molecule has 0 radical (unpaired) electrons. The molecular formula is C10H17NO2S. The maximum atomic E-state index is 11.7. The molecule has 1 spiro atoms. The van der Waals surface area contributed by atoms with E-state index in [0.717, 1.165) is 12.3 Å². The molecule has 80 valence electrons. The summed E-state index contributed by atoms with van der Waals surface area (Å²) >= 11 is 0. The Balaban J connectivity index is 1.87. The molecule has 0 amide bonds. The largest absolute Gasteiger partial charge is 0.356 e. The number of piperidine rings is 3. The van der Waals surface area contributed by atoms with Crippen LogP contribution in [-0.4, -0.2) is 45.5 Å².